The lowest BCUT2D eigenvalue weighted by Gasteiger charge is -2.32. The fourth-order valence-electron chi connectivity index (χ4n) is 0.986. The lowest BCUT2D eigenvalue weighted by molar-refractivity contribution is 0.724. The minimum absolute atomic E-state index is 2.17. The number of hydrogen-bond acceptors (Lipinski definition) is 0. The molecule has 1 rings (SSSR count). The molecule has 90 valence electrons. The molecule has 0 aromatic carbocycles. The summed E-state index contributed by atoms with van der Waals surface area (Å²) in [6.45, 7) is 0. The molecule has 0 amide bonds. The number of rotatable bonds is 0. The van der Waals surface area contributed by atoms with Crippen molar-refractivity contribution in [2.24, 2.45) is 0 Å². The number of alkyl halides is 10. The Morgan fingerprint density at radius 1 is 0.267 bits per heavy atom. The van der Waals surface area contributed by atoms with Crippen LogP contribution in [-0.2, 0) is 0 Å². The first-order valence-electron chi connectivity index (χ1n) is 3.14. The van der Waals surface area contributed by atoms with E-state index < -0.39 is 21.7 Å². The van der Waals surface area contributed by atoms with Gasteiger partial charge in [0, 0.05) is 0 Å². The van der Waals surface area contributed by atoms with Gasteiger partial charge in [0.05, 0.1) is 0 Å². The van der Waals surface area contributed by atoms with E-state index in [1.54, 1.807) is 0 Å². The Hall–Kier alpha value is 2.90. The van der Waals surface area contributed by atoms with Gasteiger partial charge in [-0.1, -0.05) is 116 Å². The van der Waals surface area contributed by atoms with E-state index in [0.29, 0.717) is 0 Å². The van der Waals surface area contributed by atoms with Crippen LogP contribution in [0.15, 0.2) is 0 Å². The number of hydrogen-bond donors (Lipinski definition) is 0. The van der Waals surface area contributed by atoms with Crippen LogP contribution in [-0.4, -0.2) is 21.7 Å². The quantitative estimate of drug-likeness (QED) is 0.435. The van der Waals surface area contributed by atoms with Crippen LogP contribution in [0.3, 0.4) is 0 Å². The molecule has 0 heterocycles. The van der Waals surface area contributed by atoms with E-state index in [2.05, 4.69) is 0 Å². The molecule has 0 radical (unpaired) electrons. The molecule has 0 bridgehead atoms. The first kappa shape index (κ1) is 16.0. The first-order chi connectivity index (χ1) is 6.25. The maximum atomic E-state index is 5.82. The molecule has 10 heteroatoms. The molecule has 0 spiro atoms. The molecule has 0 aliphatic heterocycles. The molecule has 0 N–H and O–H groups in total. The zero-order valence-electron chi connectivity index (χ0n) is 6.28. The fourth-order valence-corrected chi connectivity index (χ4v) is 4.79. The first-order valence-corrected chi connectivity index (χ1v) is 6.92. The van der Waals surface area contributed by atoms with Crippen molar-refractivity contribution in [3.8, 4) is 0 Å². The van der Waals surface area contributed by atoms with Crippen molar-refractivity contribution >= 4 is 116 Å². The molecule has 1 saturated carbocycles. The molecular formula is C5Cl10. The van der Waals surface area contributed by atoms with Gasteiger partial charge in [-0.25, -0.2) is 0 Å². The third kappa shape index (κ3) is 1.64. The maximum absolute atomic E-state index is 5.82. The zero-order chi connectivity index (χ0) is 12.5. The highest BCUT2D eigenvalue weighted by molar-refractivity contribution is 6.83. The van der Waals surface area contributed by atoms with Gasteiger partial charge < -0.3 is 0 Å². The predicted molar refractivity (Wildman–Crippen MR) is 72.2 cm³/mol. The standard InChI is InChI=1S/C5Cl10/c6-1(7)2(8,9)4(12,13)5(14,15)3(1,10)11. The van der Waals surface area contributed by atoms with Crippen molar-refractivity contribution in [3.05, 3.63) is 0 Å². The summed E-state index contributed by atoms with van der Waals surface area (Å²) in [4.78, 5) is 0. The van der Waals surface area contributed by atoms with Crippen LogP contribution in [0.5, 0.6) is 0 Å². The van der Waals surface area contributed by atoms with E-state index in [1.165, 1.54) is 0 Å². The SMILES string of the molecule is ClC1(Cl)C(Cl)(Cl)C(Cl)(Cl)C(Cl)(Cl)C1(Cl)Cl. The number of halogens is 10. The van der Waals surface area contributed by atoms with Gasteiger partial charge in [-0.3, -0.25) is 0 Å². The van der Waals surface area contributed by atoms with E-state index in [9.17, 15) is 0 Å². The molecule has 0 nitrogen and oxygen atoms in total. The van der Waals surface area contributed by atoms with E-state index in [4.69, 9.17) is 116 Å². The van der Waals surface area contributed by atoms with Crippen molar-refractivity contribution in [3.63, 3.8) is 0 Å². The van der Waals surface area contributed by atoms with Gasteiger partial charge in [-0.15, -0.1) is 0 Å². The third-order valence-corrected chi connectivity index (χ3v) is 9.58. The van der Waals surface area contributed by atoms with Crippen LogP contribution >= 0.6 is 116 Å². The molecule has 0 saturated heterocycles. The Labute approximate surface area is 136 Å². The lowest BCUT2D eigenvalue weighted by Crippen LogP contribution is -2.46. The van der Waals surface area contributed by atoms with Gasteiger partial charge in [0.1, 0.15) is 0 Å². The highest BCUT2D eigenvalue weighted by atomic mass is 35.6. The third-order valence-electron chi connectivity index (χ3n) is 1.97. The van der Waals surface area contributed by atoms with Crippen molar-refractivity contribution in [2.75, 3.05) is 0 Å². The second-order valence-corrected chi connectivity index (χ2v) is 9.51. The van der Waals surface area contributed by atoms with Crippen LogP contribution in [0, 0.1) is 0 Å². The minimum Gasteiger partial charge on any atom is -0.0946 e. The molecule has 1 fully saturated rings. The van der Waals surface area contributed by atoms with Crippen LogP contribution in [0.1, 0.15) is 0 Å². The maximum Gasteiger partial charge on any atom is 0.189 e. The summed E-state index contributed by atoms with van der Waals surface area (Å²) in [6.07, 6.45) is 0. The average Bonchev–Trinajstić information content (AvgIpc) is 2.04. The Morgan fingerprint density at radius 3 is 0.400 bits per heavy atom. The second kappa shape index (κ2) is 3.95. The topological polar surface area (TPSA) is 0 Å². The zero-order valence-corrected chi connectivity index (χ0v) is 13.8. The van der Waals surface area contributed by atoms with Crippen LogP contribution in [0.2, 0.25) is 0 Å². The van der Waals surface area contributed by atoms with E-state index >= 15 is 0 Å². The Kier molecular flexibility index (Phi) is 4.20. The molecule has 1 aliphatic rings. The molecule has 0 unspecified atom stereocenters. The van der Waals surface area contributed by atoms with Crippen LogP contribution in [0.4, 0.5) is 0 Å². The van der Waals surface area contributed by atoms with E-state index in [-0.39, 0.29) is 0 Å². The van der Waals surface area contributed by atoms with Gasteiger partial charge in [0.15, 0.2) is 21.7 Å². The molecular weight excluding hydrogens is 415 g/mol. The Morgan fingerprint density at radius 2 is 0.333 bits per heavy atom. The molecule has 0 aromatic heterocycles. The molecule has 1 aliphatic carbocycles. The Balaban J connectivity index is 3.55. The fraction of sp³-hybridized carbons (Fsp3) is 1.00. The molecule has 0 aromatic rings. The largest absolute Gasteiger partial charge is 0.189 e. The molecule has 15 heavy (non-hydrogen) atoms. The second-order valence-electron chi connectivity index (χ2n) is 2.87. The van der Waals surface area contributed by atoms with Gasteiger partial charge in [0.25, 0.3) is 0 Å². The van der Waals surface area contributed by atoms with Gasteiger partial charge in [-0.05, 0) is 0 Å². The normalized spacial score (nSPS) is 34.0. The average molecular weight is 415 g/mol. The lowest BCUT2D eigenvalue weighted by atomic mass is 10.3. The van der Waals surface area contributed by atoms with Crippen molar-refractivity contribution in [1.29, 1.82) is 0 Å². The van der Waals surface area contributed by atoms with Crippen molar-refractivity contribution < 1.29 is 0 Å². The van der Waals surface area contributed by atoms with E-state index in [1.807, 2.05) is 0 Å². The summed E-state index contributed by atoms with van der Waals surface area (Å²) in [5.74, 6) is 0. The Bertz CT molecular complexity index is 199. The van der Waals surface area contributed by atoms with Gasteiger partial charge >= 0.3 is 0 Å². The summed E-state index contributed by atoms with van der Waals surface area (Å²) < 4.78 is -10.8. The van der Waals surface area contributed by atoms with Crippen LogP contribution in [0.25, 0.3) is 0 Å². The highest BCUT2D eigenvalue weighted by Crippen LogP contribution is 2.77. The summed E-state index contributed by atoms with van der Waals surface area (Å²) in [6, 6.07) is 0. The van der Waals surface area contributed by atoms with Crippen molar-refractivity contribution in [2.45, 2.75) is 21.7 Å². The predicted octanol–water partition coefficient (Wildman–Crippen LogP) is 5.87. The highest BCUT2D eigenvalue weighted by Gasteiger charge is 2.87. The molecule has 0 atom stereocenters. The van der Waals surface area contributed by atoms with E-state index in [0.717, 1.165) is 0 Å². The monoisotopic (exact) mass is 410 g/mol. The minimum atomic E-state index is -2.17. The summed E-state index contributed by atoms with van der Waals surface area (Å²) in [5, 5.41) is 0. The van der Waals surface area contributed by atoms with Gasteiger partial charge in [0.2, 0.25) is 0 Å². The summed E-state index contributed by atoms with van der Waals surface area (Å²) in [5.41, 5.74) is 0. The summed E-state index contributed by atoms with van der Waals surface area (Å²) in [7, 11) is 0. The summed E-state index contributed by atoms with van der Waals surface area (Å²) >= 11 is 58.2. The van der Waals surface area contributed by atoms with Crippen molar-refractivity contribution in [1.82, 2.24) is 0 Å². The van der Waals surface area contributed by atoms with Crippen LogP contribution < -0.4 is 0 Å². The van der Waals surface area contributed by atoms with Gasteiger partial charge in [-0.2, -0.15) is 0 Å². The smallest absolute Gasteiger partial charge is 0.0946 e.